The molecule has 102 valence electrons. The predicted octanol–water partition coefficient (Wildman–Crippen LogP) is 0.800. The highest BCUT2D eigenvalue weighted by Crippen LogP contribution is 2.10. The smallest absolute Gasteiger partial charge is 0.333 e. The van der Waals surface area contributed by atoms with Crippen LogP contribution >= 0.6 is 0 Å². The minimum atomic E-state index is -0.510. The summed E-state index contributed by atoms with van der Waals surface area (Å²) in [5, 5.41) is 0. The zero-order chi connectivity index (χ0) is 13.5. The van der Waals surface area contributed by atoms with Crippen molar-refractivity contribution in [3.05, 3.63) is 12.2 Å². The summed E-state index contributed by atoms with van der Waals surface area (Å²) in [5.74, 6) is -0.947. The Morgan fingerprint density at radius 2 is 2.11 bits per heavy atom. The van der Waals surface area contributed by atoms with Gasteiger partial charge in [0.05, 0.1) is 13.0 Å². The summed E-state index contributed by atoms with van der Waals surface area (Å²) >= 11 is 0. The van der Waals surface area contributed by atoms with E-state index in [1.807, 2.05) is 0 Å². The molecule has 0 aromatic carbocycles. The Morgan fingerprint density at radius 1 is 1.39 bits per heavy atom. The summed E-state index contributed by atoms with van der Waals surface area (Å²) in [6.45, 7) is 7.30. The van der Waals surface area contributed by atoms with Crippen LogP contribution in [-0.4, -0.2) is 44.2 Å². The van der Waals surface area contributed by atoms with Crippen LogP contribution in [0.5, 0.6) is 0 Å². The lowest BCUT2D eigenvalue weighted by atomic mass is 10.3. The lowest BCUT2D eigenvalue weighted by Crippen LogP contribution is -2.22. The first-order valence-electron chi connectivity index (χ1n) is 5.74. The second-order valence-electron chi connectivity index (χ2n) is 4.01. The molecule has 1 rings (SSSR count). The van der Waals surface area contributed by atoms with E-state index in [4.69, 9.17) is 18.9 Å². The first-order valence-corrected chi connectivity index (χ1v) is 5.74. The Kier molecular flexibility index (Phi) is 5.80. The van der Waals surface area contributed by atoms with E-state index >= 15 is 0 Å². The maximum Gasteiger partial charge on any atom is 0.333 e. The molecule has 0 bridgehead atoms. The highest BCUT2D eigenvalue weighted by molar-refractivity contribution is 5.87. The molecule has 1 saturated heterocycles. The Hall–Kier alpha value is -1.40. The van der Waals surface area contributed by atoms with Crippen LogP contribution in [0.15, 0.2) is 12.2 Å². The highest BCUT2D eigenvalue weighted by atomic mass is 16.7. The maximum atomic E-state index is 11.3. The highest BCUT2D eigenvalue weighted by Gasteiger charge is 2.23. The van der Waals surface area contributed by atoms with E-state index in [1.165, 1.54) is 0 Å². The molecule has 0 N–H and O–H groups in total. The molecule has 1 heterocycles. The fourth-order valence-electron chi connectivity index (χ4n) is 1.29. The van der Waals surface area contributed by atoms with Gasteiger partial charge >= 0.3 is 11.9 Å². The van der Waals surface area contributed by atoms with Crippen LogP contribution in [0.4, 0.5) is 0 Å². The van der Waals surface area contributed by atoms with Gasteiger partial charge in [0.1, 0.15) is 19.3 Å². The van der Waals surface area contributed by atoms with Gasteiger partial charge in [-0.15, -0.1) is 0 Å². The average molecular weight is 258 g/mol. The quantitative estimate of drug-likeness (QED) is 0.518. The lowest BCUT2D eigenvalue weighted by Gasteiger charge is -2.09. The number of rotatable bonds is 6. The van der Waals surface area contributed by atoms with Crippen molar-refractivity contribution in [1.29, 1.82) is 0 Å². The SMILES string of the molecule is C=C(C)C(=O)OCCC(=O)OCC1COC(C)O1. The molecule has 18 heavy (non-hydrogen) atoms. The summed E-state index contributed by atoms with van der Waals surface area (Å²) in [7, 11) is 0. The number of carbonyl (C=O) groups is 2. The van der Waals surface area contributed by atoms with Gasteiger partial charge in [-0.2, -0.15) is 0 Å². The topological polar surface area (TPSA) is 71.1 Å². The van der Waals surface area contributed by atoms with Crippen molar-refractivity contribution in [3.63, 3.8) is 0 Å². The van der Waals surface area contributed by atoms with Crippen molar-refractivity contribution in [3.8, 4) is 0 Å². The van der Waals surface area contributed by atoms with Crippen molar-refractivity contribution >= 4 is 11.9 Å². The zero-order valence-corrected chi connectivity index (χ0v) is 10.6. The Morgan fingerprint density at radius 3 is 2.67 bits per heavy atom. The fraction of sp³-hybridized carbons (Fsp3) is 0.667. The minimum Gasteiger partial charge on any atom is -0.463 e. The summed E-state index contributed by atoms with van der Waals surface area (Å²) in [6, 6.07) is 0. The zero-order valence-electron chi connectivity index (χ0n) is 10.6. The molecule has 0 saturated carbocycles. The van der Waals surface area contributed by atoms with Crippen LogP contribution in [0, 0.1) is 0 Å². The Balaban J connectivity index is 2.07. The standard InChI is InChI=1S/C12H18O6/c1-8(2)12(14)15-5-4-11(13)17-7-10-6-16-9(3)18-10/h9-10H,1,4-7H2,2-3H3. The van der Waals surface area contributed by atoms with Crippen molar-refractivity contribution in [1.82, 2.24) is 0 Å². The van der Waals surface area contributed by atoms with Gasteiger partial charge in [-0.25, -0.2) is 4.79 Å². The fourth-order valence-corrected chi connectivity index (χ4v) is 1.29. The van der Waals surface area contributed by atoms with E-state index in [9.17, 15) is 9.59 Å². The monoisotopic (exact) mass is 258 g/mol. The van der Waals surface area contributed by atoms with Gasteiger partial charge < -0.3 is 18.9 Å². The Labute approximate surface area is 106 Å². The van der Waals surface area contributed by atoms with Gasteiger partial charge in [0.25, 0.3) is 0 Å². The second-order valence-corrected chi connectivity index (χ2v) is 4.01. The number of hydrogen-bond donors (Lipinski definition) is 0. The molecule has 0 amide bonds. The van der Waals surface area contributed by atoms with Crippen LogP contribution in [0.3, 0.4) is 0 Å². The first-order chi connectivity index (χ1) is 8.49. The van der Waals surface area contributed by atoms with Gasteiger partial charge in [-0.3, -0.25) is 4.79 Å². The van der Waals surface area contributed by atoms with E-state index in [-0.39, 0.29) is 32.0 Å². The van der Waals surface area contributed by atoms with Crippen LogP contribution < -0.4 is 0 Å². The molecule has 0 spiro atoms. The van der Waals surface area contributed by atoms with Crippen molar-refractivity contribution < 1.29 is 28.5 Å². The van der Waals surface area contributed by atoms with Gasteiger partial charge in [-0.1, -0.05) is 6.58 Å². The lowest BCUT2D eigenvalue weighted by molar-refractivity contribution is -0.150. The van der Waals surface area contributed by atoms with Crippen molar-refractivity contribution in [2.45, 2.75) is 32.7 Å². The number of esters is 2. The molecule has 0 radical (unpaired) electrons. The van der Waals surface area contributed by atoms with Gasteiger partial charge in [0, 0.05) is 5.57 Å². The van der Waals surface area contributed by atoms with Gasteiger partial charge in [0.2, 0.25) is 0 Å². The molecule has 1 aliphatic heterocycles. The van der Waals surface area contributed by atoms with E-state index in [0.717, 1.165) is 0 Å². The Bertz CT molecular complexity index is 325. The second kappa shape index (κ2) is 7.13. The van der Waals surface area contributed by atoms with Gasteiger partial charge in [-0.05, 0) is 13.8 Å². The first kappa shape index (κ1) is 14.7. The molecule has 1 aliphatic rings. The van der Waals surface area contributed by atoms with E-state index in [2.05, 4.69) is 6.58 Å². The third-order valence-electron chi connectivity index (χ3n) is 2.22. The van der Waals surface area contributed by atoms with Crippen LogP contribution in [-0.2, 0) is 28.5 Å². The molecule has 1 fully saturated rings. The number of carbonyl (C=O) groups excluding carboxylic acids is 2. The molecule has 2 unspecified atom stereocenters. The van der Waals surface area contributed by atoms with E-state index < -0.39 is 11.9 Å². The molecule has 0 aromatic rings. The average Bonchev–Trinajstić information content (AvgIpc) is 2.72. The third-order valence-corrected chi connectivity index (χ3v) is 2.22. The molecule has 0 aromatic heterocycles. The molecular formula is C12H18O6. The molecule has 2 atom stereocenters. The van der Waals surface area contributed by atoms with Crippen LogP contribution in [0.2, 0.25) is 0 Å². The summed E-state index contributed by atoms with van der Waals surface area (Å²) < 4.78 is 20.2. The van der Waals surface area contributed by atoms with Gasteiger partial charge in [0.15, 0.2) is 6.29 Å². The van der Waals surface area contributed by atoms with E-state index in [0.29, 0.717) is 12.2 Å². The van der Waals surface area contributed by atoms with Crippen LogP contribution in [0.25, 0.3) is 0 Å². The molecular weight excluding hydrogens is 240 g/mol. The molecule has 0 aliphatic carbocycles. The van der Waals surface area contributed by atoms with Crippen molar-refractivity contribution in [2.24, 2.45) is 0 Å². The normalized spacial score (nSPS) is 22.6. The molecule has 6 nitrogen and oxygen atoms in total. The largest absolute Gasteiger partial charge is 0.463 e. The minimum absolute atomic E-state index is 0.0110. The summed E-state index contributed by atoms with van der Waals surface area (Å²) in [4.78, 5) is 22.3. The predicted molar refractivity (Wildman–Crippen MR) is 61.6 cm³/mol. The summed E-state index contributed by atoms with van der Waals surface area (Å²) in [6.07, 6.45) is -0.463. The number of hydrogen-bond acceptors (Lipinski definition) is 6. The van der Waals surface area contributed by atoms with Crippen LogP contribution in [0.1, 0.15) is 20.3 Å². The number of ether oxygens (including phenoxy) is 4. The van der Waals surface area contributed by atoms with E-state index in [1.54, 1.807) is 13.8 Å². The summed E-state index contributed by atoms with van der Waals surface area (Å²) in [5.41, 5.74) is 0.300. The maximum absolute atomic E-state index is 11.3. The van der Waals surface area contributed by atoms with Crippen molar-refractivity contribution in [2.75, 3.05) is 19.8 Å². The third kappa shape index (κ3) is 5.29. The molecule has 6 heteroatoms.